The van der Waals surface area contributed by atoms with Crippen molar-refractivity contribution in [2.24, 2.45) is 0 Å². The summed E-state index contributed by atoms with van der Waals surface area (Å²) in [6.07, 6.45) is 0.716. The predicted molar refractivity (Wildman–Crippen MR) is 104 cm³/mol. The minimum Gasteiger partial charge on any atom is -0.489 e. The summed E-state index contributed by atoms with van der Waals surface area (Å²) >= 11 is 0. The van der Waals surface area contributed by atoms with E-state index in [0.717, 1.165) is 5.56 Å². The van der Waals surface area contributed by atoms with Crippen LogP contribution in [0.4, 0.5) is 4.39 Å². The molecule has 0 saturated carbocycles. The summed E-state index contributed by atoms with van der Waals surface area (Å²) < 4.78 is 23.5. The fourth-order valence-corrected chi connectivity index (χ4v) is 2.47. The summed E-state index contributed by atoms with van der Waals surface area (Å²) in [5, 5.41) is 2.74. The second-order valence-corrected chi connectivity index (χ2v) is 6.30. The van der Waals surface area contributed by atoms with Gasteiger partial charge in [0.2, 0.25) is 5.91 Å². The molecule has 0 spiro atoms. The van der Waals surface area contributed by atoms with Gasteiger partial charge < -0.3 is 19.7 Å². The average molecular weight is 388 g/mol. The second kappa shape index (κ2) is 11.0. The second-order valence-electron chi connectivity index (χ2n) is 6.30. The molecule has 2 aromatic rings. The Morgan fingerprint density at radius 1 is 1.14 bits per heavy atom. The monoisotopic (exact) mass is 388 g/mol. The number of likely N-dealkylation sites (N-methyl/N-ethyl adjacent to an activating group) is 1. The van der Waals surface area contributed by atoms with Crippen molar-refractivity contribution in [3.05, 3.63) is 65.5 Å². The Morgan fingerprint density at radius 2 is 1.89 bits per heavy atom. The van der Waals surface area contributed by atoms with Gasteiger partial charge in [-0.15, -0.1) is 0 Å². The standard InChI is InChI=1S/C21H25FN2O4/c1-24(14-20(25)23-11-4-12-27-2)21(26)17-5-3-6-19(13-17)28-15-16-7-9-18(22)10-8-16/h3,5-10,13H,4,11-12,14-15H2,1-2H3,(H,23,25). The molecule has 0 fully saturated rings. The molecule has 0 aliphatic carbocycles. The lowest BCUT2D eigenvalue weighted by molar-refractivity contribution is -0.121. The molecule has 1 N–H and O–H groups in total. The number of methoxy groups -OCH3 is 1. The molecule has 0 aromatic heterocycles. The van der Waals surface area contributed by atoms with E-state index in [0.29, 0.717) is 30.9 Å². The number of nitrogens with one attached hydrogen (secondary N) is 1. The highest BCUT2D eigenvalue weighted by Crippen LogP contribution is 2.16. The van der Waals surface area contributed by atoms with Gasteiger partial charge in [-0.3, -0.25) is 9.59 Å². The summed E-state index contributed by atoms with van der Waals surface area (Å²) in [5.74, 6) is -0.287. The maximum absolute atomic E-state index is 12.9. The van der Waals surface area contributed by atoms with E-state index in [-0.39, 0.29) is 30.8 Å². The van der Waals surface area contributed by atoms with Gasteiger partial charge in [0.1, 0.15) is 18.2 Å². The van der Waals surface area contributed by atoms with E-state index < -0.39 is 0 Å². The minimum absolute atomic E-state index is 0.0352. The lowest BCUT2D eigenvalue weighted by Gasteiger charge is -2.17. The quantitative estimate of drug-likeness (QED) is 0.636. The van der Waals surface area contributed by atoms with Crippen LogP contribution in [-0.2, 0) is 16.1 Å². The van der Waals surface area contributed by atoms with E-state index in [1.54, 1.807) is 50.6 Å². The summed E-state index contributed by atoms with van der Waals surface area (Å²) in [6, 6.07) is 12.8. The van der Waals surface area contributed by atoms with Crippen LogP contribution in [0.1, 0.15) is 22.3 Å². The van der Waals surface area contributed by atoms with Crippen LogP contribution < -0.4 is 10.1 Å². The molecule has 2 aromatic carbocycles. The molecule has 6 nitrogen and oxygen atoms in total. The van der Waals surface area contributed by atoms with E-state index in [9.17, 15) is 14.0 Å². The Kier molecular flexibility index (Phi) is 8.42. The predicted octanol–water partition coefficient (Wildman–Crippen LogP) is 2.63. The molecule has 0 radical (unpaired) electrons. The zero-order chi connectivity index (χ0) is 20.4. The molecule has 150 valence electrons. The number of ether oxygens (including phenoxy) is 2. The van der Waals surface area contributed by atoms with E-state index in [1.165, 1.54) is 17.0 Å². The van der Waals surface area contributed by atoms with Gasteiger partial charge in [0.05, 0.1) is 6.54 Å². The Bertz CT molecular complexity index is 780. The number of carbonyl (C=O) groups is 2. The van der Waals surface area contributed by atoms with Crippen molar-refractivity contribution >= 4 is 11.8 Å². The Hall–Kier alpha value is -2.93. The van der Waals surface area contributed by atoms with Crippen LogP contribution in [0, 0.1) is 5.82 Å². The van der Waals surface area contributed by atoms with Crippen LogP contribution in [0.15, 0.2) is 48.5 Å². The number of hydrogen-bond donors (Lipinski definition) is 1. The van der Waals surface area contributed by atoms with Gasteiger partial charge in [-0.05, 0) is 42.3 Å². The van der Waals surface area contributed by atoms with Gasteiger partial charge in [0, 0.05) is 32.9 Å². The molecule has 0 bridgehead atoms. The molecule has 0 saturated heterocycles. The van der Waals surface area contributed by atoms with Gasteiger partial charge >= 0.3 is 0 Å². The van der Waals surface area contributed by atoms with E-state index in [4.69, 9.17) is 9.47 Å². The molecule has 0 heterocycles. The summed E-state index contributed by atoms with van der Waals surface area (Å²) in [7, 11) is 3.18. The molecule has 0 unspecified atom stereocenters. The first kappa shape index (κ1) is 21.4. The third-order valence-corrected chi connectivity index (χ3v) is 3.97. The zero-order valence-corrected chi connectivity index (χ0v) is 16.1. The molecule has 28 heavy (non-hydrogen) atoms. The van der Waals surface area contributed by atoms with Crippen molar-refractivity contribution in [1.29, 1.82) is 0 Å². The van der Waals surface area contributed by atoms with Crippen molar-refractivity contribution in [2.45, 2.75) is 13.0 Å². The first-order valence-corrected chi connectivity index (χ1v) is 8.98. The molecule has 0 aliphatic heterocycles. The van der Waals surface area contributed by atoms with Crippen LogP contribution >= 0.6 is 0 Å². The Labute approximate surface area is 164 Å². The third-order valence-electron chi connectivity index (χ3n) is 3.97. The lowest BCUT2D eigenvalue weighted by atomic mass is 10.2. The largest absolute Gasteiger partial charge is 0.489 e. The van der Waals surface area contributed by atoms with Crippen LogP contribution in [-0.4, -0.2) is 50.6 Å². The first-order valence-electron chi connectivity index (χ1n) is 8.98. The molecular weight excluding hydrogens is 363 g/mol. The number of halogens is 1. The van der Waals surface area contributed by atoms with Crippen LogP contribution in [0.2, 0.25) is 0 Å². The van der Waals surface area contributed by atoms with Crippen molar-refractivity contribution in [1.82, 2.24) is 10.2 Å². The van der Waals surface area contributed by atoms with Gasteiger partial charge in [0.15, 0.2) is 0 Å². The minimum atomic E-state index is -0.304. The molecule has 0 atom stereocenters. The van der Waals surface area contributed by atoms with Crippen LogP contribution in [0.5, 0.6) is 5.75 Å². The number of hydrogen-bond acceptors (Lipinski definition) is 4. The fourth-order valence-electron chi connectivity index (χ4n) is 2.47. The van der Waals surface area contributed by atoms with Gasteiger partial charge in [-0.2, -0.15) is 0 Å². The number of carbonyl (C=O) groups excluding carboxylic acids is 2. The van der Waals surface area contributed by atoms with E-state index in [2.05, 4.69) is 5.32 Å². The molecular formula is C21H25FN2O4. The molecule has 2 amide bonds. The Balaban J connectivity index is 1.87. The number of benzene rings is 2. The average Bonchev–Trinajstić information content (AvgIpc) is 2.70. The molecule has 0 aliphatic rings. The topological polar surface area (TPSA) is 67.9 Å². The maximum Gasteiger partial charge on any atom is 0.254 e. The van der Waals surface area contributed by atoms with Crippen LogP contribution in [0.25, 0.3) is 0 Å². The SMILES string of the molecule is COCCCNC(=O)CN(C)C(=O)c1cccc(OCc2ccc(F)cc2)c1. The van der Waals surface area contributed by atoms with Crippen molar-refractivity contribution in [3.63, 3.8) is 0 Å². The van der Waals surface area contributed by atoms with Crippen molar-refractivity contribution in [3.8, 4) is 5.75 Å². The maximum atomic E-state index is 12.9. The normalized spacial score (nSPS) is 10.4. The highest BCUT2D eigenvalue weighted by molar-refractivity contribution is 5.96. The lowest BCUT2D eigenvalue weighted by Crippen LogP contribution is -2.38. The third kappa shape index (κ3) is 7.00. The Morgan fingerprint density at radius 3 is 2.61 bits per heavy atom. The van der Waals surface area contributed by atoms with Gasteiger partial charge in [-0.25, -0.2) is 4.39 Å². The summed E-state index contributed by atoms with van der Waals surface area (Å²) in [6.45, 7) is 1.30. The number of rotatable bonds is 10. The van der Waals surface area contributed by atoms with E-state index in [1.807, 2.05) is 0 Å². The van der Waals surface area contributed by atoms with Crippen molar-refractivity contribution < 1.29 is 23.5 Å². The smallest absolute Gasteiger partial charge is 0.254 e. The summed E-state index contributed by atoms with van der Waals surface area (Å²) in [4.78, 5) is 25.8. The highest BCUT2D eigenvalue weighted by atomic mass is 19.1. The molecule has 2 rings (SSSR count). The van der Waals surface area contributed by atoms with Crippen LogP contribution in [0.3, 0.4) is 0 Å². The number of nitrogens with zero attached hydrogens (tertiary/aromatic N) is 1. The molecule has 7 heteroatoms. The van der Waals surface area contributed by atoms with Gasteiger partial charge in [-0.1, -0.05) is 18.2 Å². The number of amides is 2. The summed E-state index contributed by atoms with van der Waals surface area (Å²) in [5.41, 5.74) is 1.24. The van der Waals surface area contributed by atoms with E-state index >= 15 is 0 Å². The zero-order valence-electron chi connectivity index (χ0n) is 16.1. The van der Waals surface area contributed by atoms with Crippen molar-refractivity contribution in [2.75, 3.05) is 33.9 Å². The first-order chi connectivity index (χ1) is 13.5. The highest BCUT2D eigenvalue weighted by Gasteiger charge is 2.15. The fraction of sp³-hybridized carbons (Fsp3) is 0.333. The van der Waals surface area contributed by atoms with Gasteiger partial charge in [0.25, 0.3) is 5.91 Å².